The number of tetrazole rings is 1. The molecule has 3 rings (SSSR count). The van der Waals surface area contributed by atoms with E-state index in [0.717, 1.165) is 19.0 Å². The summed E-state index contributed by atoms with van der Waals surface area (Å²) in [6.07, 6.45) is 7.88. The molecule has 1 fully saturated rings. The van der Waals surface area contributed by atoms with Gasteiger partial charge < -0.3 is 0 Å². The third-order valence-corrected chi connectivity index (χ3v) is 3.00. The topological polar surface area (TPSA) is 74.3 Å². The van der Waals surface area contributed by atoms with Gasteiger partial charge in [-0.3, -0.25) is 4.68 Å². The summed E-state index contributed by atoms with van der Waals surface area (Å²) in [4.78, 5) is 0. The van der Waals surface area contributed by atoms with Crippen LogP contribution < -0.4 is 0 Å². The molecule has 1 aliphatic carbocycles. The van der Waals surface area contributed by atoms with E-state index in [9.17, 15) is 0 Å². The van der Waals surface area contributed by atoms with Gasteiger partial charge in [-0.15, -0.1) is 10.2 Å². The van der Waals surface area contributed by atoms with Gasteiger partial charge in [0.15, 0.2) is 0 Å². The summed E-state index contributed by atoms with van der Waals surface area (Å²) in [5.74, 6) is 1.33. The van der Waals surface area contributed by atoms with Crippen LogP contribution in [0.5, 0.6) is 0 Å². The van der Waals surface area contributed by atoms with Gasteiger partial charge in [0, 0.05) is 25.2 Å². The van der Waals surface area contributed by atoms with E-state index in [2.05, 4.69) is 25.8 Å². The Labute approximate surface area is 92.5 Å². The van der Waals surface area contributed by atoms with Crippen molar-refractivity contribution in [3.05, 3.63) is 18.7 Å². The lowest BCUT2D eigenvalue weighted by atomic mass is 10.0. The molecule has 0 aliphatic heterocycles. The Bertz CT molecular complexity index is 380. The van der Waals surface area contributed by atoms with Crippen LogP contribution in [0, 0.1) is 11.8 Å². The first-order chi connectivity index (χ1) is 7.92. The monoisotopic (exact) mass is 219 g/mol. The zero-order valence-corrected chi connectivity index (χ0v) is 8.85. The van der Waals surface area contributed by atoms with Crippen LogP contribution in [0.1, 0.15) is 12.8 Å². The van der Waals surface area contributed by atoms with Crippen LogP contribution in [0.25, 0.3) is 0 Å². The summed E-state index contributed by atoms with van der Waals surface area (Å²) in [6.45, 7) is 1.75. The van der Waals surface area contributed by atoms with Gasteiger partial charge in [0.1, 0.15) is 6.33 Å². The lowest BCUT2D eigenvalue weighted by Crippen LogP contribution is -2.20. The smallest absolute Gasteiger partial charge is 0.138 e. The maximum absolute atomic E-state index is 4.00. The van der Waals surface area contributed by atoms with E-state index in [-0.39, 0.29) is 0 Å². The lowest BCUT2D eigenvalue weighted by Gasteiger charge is -2.14. The van der Waals surface area contributed by atoms with E-state index in [1.54, 1.807) is 17.2 Å². The molecule has 0 amide bonds. The SMILES string of the molecule is c1cn(CC(Cn2cnnn2)C2CC2)nn1. The van der Waals surface area contributed by atoms with Gasteiger partial charge in [-0.05, 0) is 29.2 Å². The van der Waals surface area contributed by atoms with Gasteiger partial charge in [0.2, 0.25) is 0 Å². The Morgan fingerprint density at radius 1 is 1.12 bits per heavy atom. The van der Waals surface area contributed by atoms with Crippen LogP contribution >= 0.6 is 0 Å². The van der Waals surface area contributed by atoms with Crippen LogP contribution in [-0.2, 0) is 13.1 Å². The molecule has 1 unspecified atom stereocenters. The zero-order chi connectivity index (χ0) is 10.8. The van der Waals surface area contributed by atoms with Crippen LogP contribution in [0.15, 0.2) is 18.7 Å². The normalized spacial score (nSPS) is 17.5. The minimum Gasteiger partial charge on any atom is -0.252 e. The average molecular weight is 219 g/mol. The average Bonchev–Trinajstić information content (AvgIpc) is 2.79. The fourth-order valence-corrected chi connectivity index (χ4v) is 2.00. The second-order valence-corrected chi connectivity index (χ2v) is 4.25. The first-order valence-electron chi connectivity index (χ1n) is 5.46. The summed E-state index contributed by atoms with van der Waals surface area (Å²) in [5.41, 5.74) is 0. The molecule has 0 aromatic carbocycles. The summed E-state index contributed by atoms with van der Waals surface area (Å²) in [6, 6.07) is 0. The summed E-state index contributed by atoms with van der Waals surface area (Å²) >= 11 is 0. The molecular formula is C9H13N7. The molecule has 1 atom stereocenters. The summed E-state index contributed by atoms with van der Waals surface area (Å²) in [7, 11) is 0. The molecule has 2 aromatic heterocycles. The van der Waals surface area contributed by atoms with E-state index in [0.29, 0.717) is 5.92 Å². The van der Waals surface area contributed by atoms with Crippen molar-refractivity contribution in [2.45, 2.75) is 25.9 Å². The van der Waals surface area contributed by atoms with Gasteiger partial charge in [0.05, 0.1) is 6.20 Å². The van der Waals surface area contributed by atoms with Gasteiger partial charge in [0.25, 0.3) is 0 Å². The van der Waals surface area contributed by atoms with Crippen LogP contribution in [0.4, 0.5) is 0 Å². The molecule has 0 spiro atoms. The fraction of sp³-hybridized carbons (Fsp3) is 0.667. The standard InChI is InChI=1S/C9H13N7/c1-2-8(1)9(5-15-4-3-10-13-15)6-16-7-11-12-14-16/h3-4,7-9H,1-2,5-6H2. The summed E-state index contributed by atoms with van der Waals surface area (Å²) in [5, 5.41) is 19.0. The number of hydrogen-bond donors (Lipinski definition) is 0. The second kappa shape index (κ2) is 3.99. The van der Waals surface area contributed by atoms with Crippen molar-refractivity contribution in [2.75, 3.05) is 0 Å². The van der Waals surface area contributed by atoms with Crippen molar-refractivity contribution in [1.29, 1.82) is 0 Å². The Balaban J connectivity index is 1.67. The maximum Gasteiger partial charge on any atom is 0.138 e. The van der Waals surface area contributed by atoms with Crippen LogP contribution in [0.2, 0.25) is 0 Å². The zero-order valence-electron chi connectivity index (χ0n) is 8.85. The molecule has 7 nitrogen and oxygen atoms in total. The Morgan fingerprint density at radius 2 is 2.00 bits per heavy atom. The second-order valence-electron chi connectivity index (χ2n) is 4.25. The number of aromatic nitrogens is 7. The molecule has 16 heavy (non-hydrogen) atoms. The Morgan fingerprint density at radius 3 is 2.62 bits per heavy atom. The molecule has 84 valence electrons. The predicted octanol–water partition coefficient (Wildman–Crippen LogP) is -0.00900. The van der Waals surface area contributed by atoms with Crippen LogP contribution in [-0.4, -0.2) is 35.2 Å². The van der Waals surface area contributed by atoms with Gasteiger partial charge in [-0.25, -0.2) is 4.68 Å². The quantitative estimate of drug-likeness (QED) is 0.707. The third kappa shape index (κ3) is 2.07. The molecule has 0 N–H and O–H groups in total. The van der Waals surface area contributed by atoms with Gasteiger partial charge in [-0.2, -0.15) is 0 Å². The predicted molar refractivity (Wildman–Crippen MR) is 54.1 cm³/mol. The van der Waals surface area contributed by atoms with Crippen molar-refractivity contribution in [3.63, 3.8) is 0 Å². The highest BCUT2D eigenvalue weighted by molar-refractivity contribution is 4.82. The Kier molecular flexibility index (Phi) is 2.35. The van der Waals surface area contributed by atoms with E-state index < -0.39 is 0 Å². The van der Waals surface area contributed by atoms with Crippen molar-refractivity contribution < 1.29 is 0 Å². The molecule has 0 saturated heterocycles. The van der Waals surface area contributed by atoms with E-state index in [1.807, 2.05) is 10.9 Å². The van der Waals surface area contributed by atoms with Crippen LogP contribution in [0.3, 0.4) is 0 Å². The Hall–Kier alpha value is -1.79. The van der Waals surface area contributed by atoms with Crippen molar-refractivity contribution >= 4 is 0 Å². The molecule has 0 bridgehead atoms. The highest BCUT2D eigenvalue weighted by atomic mass is 15.5. The molecule has 2 heterocycles. The van der Waals surface area contributed by atoms with Crippen molar-refractivity contribution in [3.8, 4) is 0 Å². The van der Waals surface area contributed by atoms with Gasteiger partial charge in [-0.1, -0.05) is 5.21 Å². The molecule has 1 saturated carbocycles. The summed E-state index contributed by atoms with van der Waals surface area (Å²) < 4.78 is 3.67. The lowest BCUT2D eigenvalue weighted by molar-refractivity contribution is 0.310. The molecular weight excluding hydrogens is 206 g/mol. The largest absolute Gasteiger partial charge is 0.252 e. The van der Waals surface area contributed by atoms with Crippen molar-refractivity contribution in [2.24, 2.45) is 11.8 Å². The molecule has 0 radical (unpaired) electrons. The van der Waals surface area contributed by atoms with E-state index in [4.69, 9.17) is 0 Å². The first-order valence-corrected chi connectivity index (χ1v) is 5.46. The highest BCUT2D eigenvalue weighted by Crippen LogP contribution is 2.38. The van der Waals surface area contributed by atoms with Crippen molar-refractivity contribution in [1.82, 2.24) is 35.2 Å². The molecule has 1 aliphatic rings. The highest BCUT2D eigenvalue weighted by Gasteiger charge is 2.32. The van der Waals surface area contributed by atoms with E-state index in [1.165, 1.54) is 12.8 Å². The third-order valence-electron chi connectivity index (χ3n) is 3.00. The number of nitrogens with zero attached hydrogens (tertiary/aromatic N) is 7. The maximum atomic E-state index is 4.00. The van der Waals surface area contributed by atoms with Gasteiger partial charge >= 0.3 is 0 Å². The minimum absolute atomic E-state index is 0.546. The van der Waals surface area contributed by atoms with E-state index >= 15 is 0 Å². The number of hydrogen-bond acceptors (Lipinski definition) is 5. The fourth-order valence-electron chi connectivity index (χ4n) is 2.00. The first kappa shape index (κ1) is 9.44. The molecule has 7 heteroatoms. The molecule has 2 aromatic rings. The minimum atomic E-state index is 0.546. The number of rotatable bonds is 5.